The second-order valence-electron chi connectivity index (χ2n) is 6.42. The van der Waals surface area contributed by atoms with Crippen molar-refractivity contribution in [2.75, 3.05) is 30.5 Å². The maximum Gasteiger partial charge on any atom is 0.253 e. The predicted octanol–water partition coefficient (Wildman–Crippen LogP) is 1.32. The summed E-state index contributed by atoms with van der Waals surface area (Å²) >= 11 is -1.85. The number of phenolic OH excluding ortho intramolecular Hbond substituents is 1. The number of halogens is 1. The highest BCUT2D eigenvalue weighted by Gasteiger charge is 2.31. The standard InChI is InChI=1S/C16H22FN3O3S/c1-2-4-19-5-3-11(9-19)6-12-7-13(17)16(14(21)8-12)20-10-15(22)18-24(20)23/h7-8,11,21H,2-6,9-10H2,1H3,(H,18,22). The Hall–Kier alpha value is -1.67. The second kappa shape index (κ2) is 7.06. The van der Waals surface area contributed by atoms with Crippen LogP contribution in [0.5, 0.6) is 5.75 Å². The summed E-state index contributed by atoms with van der Waals surface area (Å²) in [6, 6.07) is 2.89. The summed E-state index contributed by atoms with van der Waals surface area (Å²) in [6.45, 7) is 5.06. The zero-order valence-electron chi connectivity index (χ0n) is 13.6. The number of hydrogen-bond acceptors (Lipinski definition) is 4. The average molecular weight is 355 g/mol. The maximum absolute atomic E-state index is 14.4. The van der Waals surface area contributed by atoms with E-state index in [1.165, 1.54) is 12.1 Å². The number of likely N-dealkylation sites (tertiary alicyclic amines) is 1. The van der Waals surface area contributed by atoms with Crippen LogP contribution >= 0.6 is 0 Å². The number of carbonyl (C=O) groups excluding carboxylic acids is 1. The van der Waals surface area contributed by atoms with Gasteiger partial charge in [0.25, 0.3) is 5.91 Å². The molecule has 0 radical (unpaired) electrons. The first-order valence-corrected chi connectivity index (χ1v) is 9.31. The molecule has 3 rings (SSSR count). The van der Waals surface area contributed by atoms with Crippen LogP contribution < -0.4 is 9.03 Å². The van der Waals surface area contributed by atoms with Crippen LogP contribution in [-0.2, 0) is 22.4 Å². The lowest BCUT2D eigenvalue weighted by Gasteiger charge is -2.18. The van der Waals surface area contributed by atoms with Gasteiger partial charge in [0, 0.05) is 6.54 Å². The number of rotatable bonds is 5. The van der Waals surface area contributed by atoms with Gasteiger partial charge in [0.1, 0.15) is 18.0 Å². The third kappa shape index (κ3) is 3.54. The van der Waals surface area contributed by atoms with Crippen LogP contribution in [0.25, 0.3) is 0 Å². The van der Waals surface area contributed by atoms with E-state index < -0.39 is 22.9 Å². The minimum Gasteiger partial charge on any atom is -0.506 e. The van der Waals surface area contributed by atoms with Crippen molar-refractivity contribution in [3.8, 4) is 5.75 Å². The Morgan fingerprint density at radius 2 is 2.25 bits per heavy atom. The fraction of sp³-hybridized carbons (Fsp3) is 0.562. The van der Waals surface area contributed by atoms with E-state index in [-0.39, 0.29) is 18.0 Å². The van der Waals surface area contributed by atoms with E-state index >= 15 is 0 Å². The molecule has 0 saturated carbocycles. The minimum atomic E-state index is -1.85. The first-order chi connectivity index (χ1) is 11.5. The average Bonchev–Trinajstić information content (AvgIpc) is 3.05. The topological polar surface area (TPSA) is 72.9 Å². The Morgan fingerprint density at radius 1 is 1.46 bits per heavy atom. The Balaban J connectivity index is 1.73. The molecule has 2 N–H and O–H groups in total. The van der Waals surface area contributed by atoms with Gasteiger partial charge < -0.3 is 10.0 Å². The summed E-state index contributed by atoms with van der Waals surface area (Å²) in [5.41, 5.74) is 0.538. The van der Waals surface area contributed by atoms with Crippen molar-refractivity contribution < 1.29 is 18.5 Å². The van der Waals surface area contributed by atoms with Gasteiger partial charge in [-0.1, -0.05) is 6.92 Å². The first kappa shape index (κ1) is 17.2. The molecule has 24 heavy (non-hydrogen) atoms. The smallest absolute Gasteiger partial charge is 0.253 e. The van der Waals surface area contributed by atoms with Crippen molar-refractivity contribution in [1.82, 2.24) is 9.62 Å². The highest BCUT2D eigenvalue weighted by Crippen LogP contribution is 2.34. The van der Waals surface area contributed by atoms with Gasteiger partial charge in [-0.3, -0.25) is 13.8 Å². The summed E-state index contributed by atoms with van der Waals surface area (Å²) < 4.78 is 29.4. The van der Waals surface area contributed by atoms with E-state index in [0.29, 0.717) is 12.3 Å². The molecule has 1 aromatic carbocycles. The van der Waals surface area contributed by atoms with Crippen molar-refractivity contribution in [3.63, 3.8) is 0 Å². The molecule has 2 aliphatic rings. The fourth-order valence-electron chi connectivity index (χ4n) is 3.47. The van der Waals surface area contributed by atoms with Crippen molar-refractivity contribution in [2.24, 2.45) is 5.92 Å². The Kier molecular flexibility index (Phi) is 5.05. The van der Waals surface area contributed by atoms with E-state index in [9.17, 15) is 18.5 Å². The highest BCUT2D eigenvalue weighted by atomic mass is 32.2. The molecule has 2 saturated heterocycles. The van der Waals surface area contributed by atoms with E-state index in [1.54, 1.807) is 0 Å². The van der Waals surface area contributed by atoms with Crippen LogP contribution in [0.1, 0.15) is 25.3 Å². The lowest BCUT2D eigenvalue weighted by Crippen LogP contribution is -2.24. The number of carbonyl (C=O) groups is 1. The Labute approximate surface area is 143 Å². The van der Waals surface area contributed by atoms with Gasteiger partial charge in [-0.2, -0.15) is 0 Å². The number of nitrogens with one attached hydrogen (secondary N) is 1. The Morgan fingerprint density at radius 3 is 2.88 bits per heavy atom. The number of anilines is 1. The number of aromatic hydroxyl groups is 1. The summed E-state index contributed by atoms with van der Waals surface area (Å²) in [5.74, 6) is -0.944. The molecule has 8 heteroatoms. The number of benzene rings is 1. The number of phenols is 1. The second-order valence-corrected chi connectivity index (χ2v) is 7.56. The SMILES string of the molecule is CCCN1CCC(Cc2cc(O)c(N3CC(=O)NS3=O)c(F)c2)C1. The third-order valence-electron chi connectivity index (χ3n) is 4.48. The fourth-order valence-corrected chi connectivity index (χ4v) is 4.42. The summed E-state index contributed by atoms with van der Waals surface area (Å²) in [4.78, 5) is 13.7. The molecule has 0 bridgehead atoms. The molecular weight excluding hydrogens is 333 g/mol. The molecule has 2 atom stereocenters. The van der Waals surface area contributed by atoms with Crippen LogP contribution in [0.3, 0.4) is 0 Å². The van der Waals surface area contributed by atoms with E-state index in [0.717, 1.165) is 42.3 Å². The molecule has 6 nitrogen and oxygen atoms in total. The van der Waals surface area contributed by atoms with E-state index in [2.05, 4.69) is 16.5 Å². The maximum atomic E-state index is 14.4. The van der Waals surface area contributed by atoms with Gasteiger partial charge in [0.2, 0.25) is 11.2 Å². The van der Waals surface area contributed by atoms with Gasteiger partial charge in [-0.15, -0.1) is 0 Å². The van der Waals surface area contributed by atoms with E-state index in [4.69, 9.17) is 0 Å². The van der Waals surface area contributed by atoms with Crippen LogP contribution in [0, 0.1) is 11.7 Å². The molecule has 0 aliphatic carbocycles. The zero-order chi connectivity index (χ0) is 17.3. The largest absolute Gasteiger partial charge is 0.506 e. The molecule has 0 aromatic heterocycles. The molecule has 1 aromatic rings. The van der Waals surface area contributed by atoms with Crippen LogP contribution in [-0.4, -0.2) is 46.3 Å². The van der Waals surface area contributed by atoms with Gasteiger partial charge >= 0.3 is 0 Å². The van der Waals surface area contributed by atoms with E-state index in [1.807, 2.05) is 0 Å². The summed E-state index contributed by atoms with van der Waals surface area (Å²) in [5, 5.41) is 10.2. The van der Waals surface area contributed by atoms with Crippen LogP contribution in [0.15, 0.2) is 12.1 Å². The van der Waals surface area contributed by atoms with Crippen molar-refractivity contribution in [1.29, 1.82) is 0 Å². The summed E-state index contributed by atoms with van der Waals surface area (Å²) in [6.07, 6.45) is 2.89. The van der Waals surface area contributed by atoms with Crippen molar-refractivity contribution >= 4 is 22.8 Å². The zero-order valence-corrected chi connectivity index (χ0v) is 14.4. The lowest BCUT2D eigenvalue weighted by molar-refractivity contribution is -0.117. The molecule has 0 spiro atoms. The molecule has 1 amide bonds. The molecular formula is C16H22FN3O3S. The third-order valence-corrected chi connectivity index (χ3v) is 5.59. The normalized spacial score (nSPS) is 24.6. The monoisotopic (exact) mass is 355 g/mol. The molecule has 2 fully saturated rings. The minimum absolute atomic E-state index is 0.186. The number of hydrogen-bond donors (Lipinski definition) is 2. The molecule has 132 valence electrons. The van der Waals surface area contributed by atoms with Crippen LogP contribution in [0.4, 0.5) is 10.1 Å². The predicted molar refractivity (Wildman–Crippen MR) is 90.2 cm³/mol. The number of nitrogens with zero attached hydrogens (tertiary/aromatic N) is 2. The van der Waals surface area contributed by atoms with Crippen molar-refractivity contribution in [3.05, 3.63) is 23.5 Å². The number of amides is 1. The van der Waals surface area contributed by atoms with Gasteiger partial charge in [-0.05, 0) is 56.0 Å². The first-order valence-electron chi connectivity index (χ1n) is 8.20. The summed E-state index contributed by atoms with van der Waals surface area (Å²) in [7, 11) is 0. The lowest BCUT2D eigenvalue weighted by atomic mass is 9.98. The van der Waals surface area contributed by atoms with Crippen molar-refractivity contribution in [2.45, 2.75) is 26.2 Å². The van der Waals surface area contributed by atoms with Gasteiger partial charge in [0.05, 0.1) is 0 Å². The van der Waals surface area contributed by atoms with Gasteiger partial charge in [-0.25, -0.2) is 8.60 Å². The van der Waals surface area contributed by atoms with Crippen LogP contribution in [0.2, 0.25) is 0 Å². The van der Waals surface area contributed by atoms with Gasteiger partial charge in [0.15, 0.2) is 5.82 Å². The molecule has 2 aliphatic heterocycles. The highest BCUT2D eigenvalue weighted by molar-refractivity contribution is 7.85. The molecule has 2 heterocycles. The Bertz CT molecular complexity index is 647. The molecule has 2 unspecified atom stereocenters. The quantitative estimate of drug-likeness (QED) is 0.836.